The third-order valence-corrected chi connectivity index (χ3v) is 4.14. The molecule has 1 aliphatic rings. The molecule has 0 unspecified atom stereocenters. The summed E-state index contributed by atoms with van der Waals surface area (Å²) in [5.41, 5.74) is 0.754. The van der Waals surface area contributed by atoms with E-state index in [1.165, 1.54) is 24.3 Å². The third kappa shape index (κ3) is 4.79. The van der Waals surface area contributed by atoms with Gasteiger partial charge in [0.2, 0.25) is 0 Å². The fourth-order valence-electron chi connectivity index (χ4n) is 2.42. The molecule has 0 bridgehead atoms. The van der Waals surface area contributed by atoms with Gasteiger partial charge in [0, 0.05) is 28.3 Å². The van der Waals surface area contributed by atoms with Gasteiger partial charge in [-0.05, 0) is 18.2 Å². The second kappa shape index (κ2) is 8.43. The Morgan fingerprint density at radius 3 is 2.81 bits per heavy atom. The minimum atomic E-state index is -0.673. The van der Waals surface area contributed by atoms with E-state index in [-0.39, 0.29) is 43.1 Å². The van der Waals surface area contributed by atoms with Gasteiger partial charge in [-0.25, -0.2) is 4.79 Å². The number of fused-ring (bicyclic) bond motifs is 1. The molecule has 0 amide bonds. The molecule has 2 aromatic rings. The second-order valence-electron chi connectivity index (χ2n) is 5.49. The predicted molar refractivity (Wildman–Crippen MR) is 95.1 cm³/mol. The standard InChI is InChI=1S/C17H13Cl2NO7/c18-12-1-2-15(14(19)5-12)25-8-16(21)26-7-11-4-13(20(22)23)3-10-6-24-9-27-17(10)11/h1-5H,6-9H2. The molecular formula is C17H13Cl2NO7. The maximum absolute atomic E-state index is 11.9. The quantitative estimate of drug-likeness (QED) is 0.402. The van der Waals surface area contributed by atoms with Gasteiger partial charge in [0.1, 0.15) is 18.1 Å². The molecule has 0 N–H and O–H groups in total. The summed E-state index contributed by atoms with van der Waals surface area (Å²) < 4.78 is 20.9. The van der Waals surface area contributed by atoms with Crippen LogP contribution in [0.1, 0.15) is 11.1 Å². The van der Waals surface area contributed by atoms with Crippen LogP contribution in [0.2, 0.25) is 10.0 Å². The Hall–Kier alpha value is -2.55. The molecule has 0 aliphatic carbocycles. The lowest BCUT2D eigenvalue weighted by Gasteiger charge is -2.20. The van der Waals surface area contributed by atoms with Crippen LogP contribution in [0.3, 0.4) is 0 Å². The average Bonchev–Trinajstić information content (AvgIpc) is 2.65. The summed E-state index contributed by atoms with van der Waals surface area (Å²) >= 11 is 11.7. The van der Waals surface area contributed by atoms with Gasteiger partial charge < -0.3 is 18.9 Å². The van der Waals surface area contributed by atoms with Crippen molar-refractivity contribution in [2.24, 2.45) is 0 Å². The fraction of sp³-hybridized carbons (Fsp3) is 0.235. The van der Waals surface area contributed by atoms with Crippen molar-refractivity contribution in [2.75, 3.05) is 13.4 Å². The summed E-state index contributed by atoms with van der Waals surface area (Å²) in [5, 5.41) is 11.8. The topological polar surface area (TPSA) is 97.1 Å². The van der Waals surface area contributed by atoms with Crippen molar-refractivity contribution < 1.29 is 28.7 Å². The summed E-state index contributed by atoms with van der Waals surface area (Å²) in [6.45, 7) is -0.400. The first-order valence-corrected chi connectivity index (χ1v) is 8.44. The summed E-state index contributed by atoms with van der Waals surface area (Å²) in [5.74, 6) is 0.0286. The molecular weight excluding hydrogens is 401 g/mol. The summed E-state index contributed by atoms with van der Waals surface area (Å²) in [6, 6.07) is 7.25. The number of nitrogens with zero attached hydrogens (tertiary/aromatic N) is 1. The molecule has 0 saturated carbocycles. The highest BCUT2D eigenvalue weighted by molar-refractivity contribution is 6.35. The number of non-ortho nitro benzene ring substituents is 1. The van der Waals surface area contributed by atoms with Gasteiger partial charge in [-0.2, -0.15) is 0 Å². The highest BCUT2D eigenvalue weighted by atomic mass is 35.5. The lowest BCUT2D eigenvalue weighted by Crippen LogP contribution is -2.17. The molecule has 10 heteroatoms. The highest BCUT2D eigenvalue weighted by Gasteiger charge is 2.22. The van der Waals surface area contributed by atoms with Crippen molar-refractivity contribution >= 4 is 34.9 Å². The van der Waals surface area contributed by atoms with Crippen molar-refractivity contribution in [1.29, 1.82) is 0 Å². The highest BCUT2D eigenvalue weighted by Crippen LogP contribution is 2.33. The zero-order valence-corrected chi connectivity index (χ0v) is 15.3. The second-order valence-corrected chi connectivity index (χ2v) is 6.33. The molecule has 1 heterocycles. The van der Waals surface area contributed by atoms with Crippen LogP contribution in [0.5, 0.6) is 11.5 Å². The van der Waals surface area contributed by atoms with Gasteiger partial charge >= 0.3 is 5.97 Å². The molecule has 8 nitrogen and oxygen atoms in total. The van der Waals surface area contributed by atoms with Gasteiger partial charge in [0.25, 0.3) is 5.69 Å². The Kier molecular flexibility index (Phi) is 6.00. The molecule has 27 heavy (non-hydrogen) atoms. The maximum atomic E-state index is 11.9. The monoisotopic (exact) mass is 413 g/mol. The van der Waals surface area contributed by atoms with Crippen molar-refractivity contribution in [3.63, 3.8) is 0 Å². The van der Waals surface area contributed by atoms with Crippen LogP contribution in [0.15, 0.2) is 30.3 Å². The molecule has 142 valence electrons. The van der Waals surface area contributed by atoms with E-state index in [0.717, 1.165) is 0 Å². The van der Waals surface area contributed by atoms with Gasteiger partial charge in [-0.3, -0.25) is 10.1 Å². The molecule has 0 saturated heterocycles. The molecule has 0 radical (unpaired) electrons. The molecule has 0 fully saturated rings. The first-order valence-electron chi connectivity index (χ1n) is 7.68. The van der Waals surface area contributed by atoms with E-state index in [1.54, 1.807) is 6.07 Å². The average molecular weight is 414 g/mol. The van der Waals surface area contributed by atoms with Crippen LogP contribution in [-0.4, -0.2) is 24.3 Å². The Bertz CT molecular complexity index is 888. The number of nitro benzene ring substituents is 1. The molecule has 0 spiro atoms. The van der Waals surface area contributed by atoms with E-state index in [0.29, 0.717) is 21.9 Å². The van der Waals surface area contributed by atoms with E-state index in [2.05, 4.69) is 0 Å². The SMILES string of the molecule is O=C(COc1ccc(Cl)cc1Cl)OCc1cc([N+](=O)[O-])cc2c1OCOC2. The van der Waals surface area contributed by atoms with E-state index in [9.17, 15) is 14.9 Å². The van der Waals surface area contributed by atoms with Gasteiger partial charge in [0.05, 0.1) is 16.6 Å². The number of carbonyl (C=O) groups excluding carboxylic acids is 1. The number of carbonyl (C=O) groups is 1. The number of esters is 1. The number of ether oxygens (including phenoxy) is 4. The van der Waals surface area contributed by atoms with Gasteiger partial charge in [-0.15, -0.1) is 0 Å². The minimum absolute atomic E-state index is 0.0178. The Labute approximate surface area is 163 Å². The molecule has 3 rings (SSSR count). The fourth-order valence-corrected chi connectivity index (χ4v) is 2.89. The van der Waals surface area contributed by atoms with Crippen molar-refractivity contribution in [1.82, 2.24) is 0 Å². The first-order chi connectivity index (χ1) is 12.9. The maximum Gasteiger partial charge on any atom is 0.344 e. The van der Waals surface area contributed by atoms with Crippen molar-refractivity contribution in [2.45, 2.75) is 13.2 Å². The van der Waals surface area contributed by atoms with Gasteiger partial charge in [0.15, 0.2) is 13.4 Å². The van der Waals surface area contributed by atoms with E-state index < -0.39 is 10.9 Å². The zero-order valence-electron chi connectivity index (χ0n) is 13.8. The molecule has 1 aliphatic heterocycles. The summed E-state index contributed by atoms with van der Waals surface area (Å²) in [4.78, 5) is 22.5. The van der Waals surface area contributed by atoms with Crippen LogP contribution in [0.4, 0.5) is 5.69 Å². The smallest absolute Gasteiger partial charge is 0.344 e. The molecule has 0 atom stereocenters. The van der Waals surface area contributed by atoms with Crippen molar-refractivity contribution in [3.05, 3.63) is 61.6 Å². The lowest BCUT2D eigenvalue weighted by atomic mass is 10.1. The summed E-state index contributed by atoms with van der Waals surface area (Å²) in [6.07, 6.45) is 0. The lowest BCUT2D eigenvalue weighted by molar-refractivity contribution is -0.385. The number of benzene rings is 2. The van der Waals surface area contributed by atoms with Gasteiger partial charge in [-0.1, -0.05) is 23.2 Å². The van der Waals surface area contributed by atoms with Crippen LogP contribution in [-0.2, 0) is 27.5 Å². The summed E-state index contributed by atoms with van der Waals surface area (Å²) in [7, 11) is 0. The van der Waals surface area contributed by atoms with Crippen LogP contribution >= 0.6 is 23.2 Å². The predicted octanol–water partition coefficient (Wildman–Crippen LogP) is 3.89. The van der Waals surface area contributed by atoms with Crippen LogP contribution in [0, 0.1) is 10.1 Å². The number of rotatable bonds is 6. The Morgan fingerprint density at radius 2 is 2.07 bits per heavy atom. The number of hydrogen-bond acceptors (Lipinski definition) is 7. The Balaban J connectivity index is 1.64. The normalized spacial score (nSPS) is 12.7. The number of hydrogen-bond donors (Lipinski definition) is 0. The van der Waals surface area contributed by atoms with E-state index in [4.69, 9.17) is 42.1 Å². The van der Waals surface area contributed by atoms with Crippen LogP contribution in [0.25, 0.3) is 0 Å². The number of halogens is 2. The third-order valence-electron chi connectivity index (χ3n) is 3.61. The zero-order chi connectivity index (χ0) is 19.4. The van der Waals surface area contributed by atoms with Crippen molar-refractivity contribution in [3.8, 4) is 11.5 Å². The Morgan fingerprint density at radius 1 is 1.26 bits per heavy atom. The van der Waals surface area contributed by atoms with E-state index >= 15 is 0 Å². The number of nitro groups is 1. The molecule has 0 aromatic heterocycles. The minimum Gasteiger partial charge on any atom is -0.480 e. The largest absolute Gasteiger partial charge is 0.480 e. The molecule has 2 aromatic carbocycles. The van der Waals surface area contributed by atoms with Crippen LogP contribution < -0.4 is 9.47 Å². The van der Waals surface area contributed by atoms with E-state index in [1.807, 2.05) is 0 Å². The first kappa shape index (κ1) is 19.2.